The second-order valence-electron chi connectivity index (χ2n) is 4.96. The van der Waals surface area contributed by atoms with E-state index in [0.29, 0.717) is 6.04 Å². The van der Waals surface area contributed by atoms with Crippen LogP contribution in [0.3, 0.4) is 0 Å². The van der Waals surface area contributed by atoms with Crippen molar-refractivity contribution in [1.29, 1.82) is 0 Å². The van der Waals surface area contributed by atoms with Crippen LogP contribution in [0.4, 0.5) is 0 Å². The Labute approximate surface area is 103 Å². The maximum atomic E-state index is 3.53. The molecule has 2 heteroatoms. The van der Waals surface area contributed by atoms with E-state index in [0.717, 1.165) is 19.0 Å². The molecular weight excluding hydrogens is 196 g/mol. The molecule has 0 saturated heterocycles. The maximum absolute atomic E-state index is 3.53. The molecule has 0 aliphatic carbocycles. The monoisotopic (exact) mass is 228 g/mol. The van der Waals surface area contributed by atoms with Crippen LogP contribution in [-0.4, -0.2) is 37.1 Å². The second kappa shape index (κ2) is 10.1. The van der Waals surface area contributed by atoms with E-state index in [1.807, 2.05) is 0 Å². The first-order valence-electron chi connectivity index (χ1n) is 7.12. The van der Waals surface area contributed by atoms with E-state index in [4.69, 9.17) is 0 Å². The van der Waals surface area contributed by atoms with Crippen LogP contribution in [0.15, 0.2) is 0 Å². The Balaban J connectivity index is 3.97. The molecule has 0 bridgehead atoms. The smallest absolute Gasteiger partial charge is 0.0105 e. The molecule has 0 rings (SSSR count). The summed E-state index contributed by atoms with van der Waals surface area (Å²) in [6.07, 6.45) is 3.76. The fourth-order valence-corrected chi connectivity index (χ4v) is 2.13. The molecule has 0 aromatic rings. The summed E-state index contributed by atoms with van der Waals surface area (Å²) in [5.74, 6) is 0.740. The van der Waals surface area contributed by atoms with Crippen molar-refractivity contribution in [3.05, 3.63) is 0 Å². The van der Waals surface area contributed by atoms with Crippen molar-refractivity contribution in [2.24, 2.45) is 5.92 Å². The summed E-state index contributed by atoms with van der Waals surface area (Å²) in [7, 11) is 0. The van der Waals surface area contributed by atoms with Gasteiger partial charge in [0, 0.05) is 6.04 Å². The van der Waals surface area contributed by atoms with E-state index in [9.17, 15) is 0 Å². The lowest BCUT2D eigenvalue weighted by atomic mass is 10.0. The average Bonchev–Trinajstić information content (AvgIpc) is 2.28. The number of hydrogen-bond donors (Lipinski definition) is 1. The van der Waals surface area contributed by atoms with Crippen LogP contribution in [0.2, 0.25) is 0 Å². The third-order valence-corrected chi connectivity index (χ3v) is 3.31. The van der Waals surface area contributed by atoms with Gasteiger partial charge in [-0.3, -0.25) is 0 Å². The molecule has 0 aliphatic heterocycles. The van der Waals surface area contributed by atoms with Crippen LogP contribution in [-0.2, 0) is 0 Å². The summed E-state index contributed by atoms with van der Waals surface area (Å²) in [5.41, 5.74) is 0. The minimum Gasteiger partial charge on any atom is -0.316 e. The summed E-state index contributed by atoms with van der Waals surface area (Å²) in [4.78, 5) is 2.64. The molecule has 0 radical (unpaired) electrons. The van der Waals surface area contributed by atoms with Crippen molar-refractivity contribution in [1.82, 2.24) is 10.2 Å². The highest BCUT2D eigenvalue weighted by Crippen LogP contribution is 2.11. The fourth-order valence-electron chi connectivity index (χ4n) is 2.13. The fraction of sp³-hybridized carbons (Fsp3) is 1.00. The van der Waals surface area contributed by atoms with Crippen molar-refractivity contribution in [2.45, 2.75) is 59.9 Å². The van der Waals surface area contributed by atoms with Gasteiger partial charge in [0.2, 0.25) is 0 Å². The SMILES string of the molecule is CCCNCC(C)C(C)N(CCC)CCC. The van der Waals surface area contributed by atoms with Gasteiger partial charge in [0.25, 0.3) is 0 Å². The minimum absolute atomic E-state index is 0.698. The maximum Gasteiger partial charge on any atom is 0.0105 e. The first kappa shape index (κ1) is 15.9. The van der Waals surface area contributed by atoms with Gasteiger partial charge in [-0.15, -0.1) is 0 Å². The molecule has 0 heterocycles. The largest absolute Gasteiger partial charge is 0.316 e. The van der Waals surface area contributed by atoms with E-state index in [-0.39, 0.29) is 0 Å². The molecular formula is C14H32N2. The first-order chi connectivity index (χ1) is 7.67. The molecule has 0 amide bonds. The van der Waals surface area contributed by atoms with Crippen LogP contribution in [0.25, 0.3) is 0 Å². The average molecular weight is 228 g/mol. The van der Waals surface area contributed by atoms with Gasteiger partial charge in [0.15, 0.2) is 0 Å². The number of nitrogens with one attached hydrogen (secondary N) is 1. The Hall–Kier alpha value is -0.0800. The van der Waals surface area contributed by atoms with E-state index >= 15 is 0 Å². The van der Waals surface area contributed by atoms with Crippen LogP contribution in [0, 0.1) is 5.92 Å². The van der Waals surface area contributed by atoms with Crippen LogP contribution >= 0.6 is 0 Å². The summed E-state index contributed by atoms with van der Waals surface area (Å²) >= 11 is 0. The summed E-state index contributed by atoms with van der Waals surface area (Å²) in [5, 5.41) is 3.53. The first-order valence-corrected chi connectivity index (χ1v) is 7.12. The molecule has 98 valence electrons. The zero-order valence-electron chi connectivity index (χ0n) is 12.1. The third kappa shape index (κ3) is 6.49. The van der Waals surface area contributed by atoms with Crippen molar-refractivity contribution in [3.8, 4) is 0 Å². The normalized spacial score (nSPS) is 15.4. The van der Waals surface area contributed by atoms with Crippen molar-refractivity contribution >= 4 is 0 Å². The lowest BCUT2D eigenvalue weighted by molar-refractivity contribution is 0.159. The zero-order chi connectivity index (χ0) is 12.4. The van der Waals surface area contributed by atoms with Gasteiger partial charge in [0.05, 0.1) is 0 Å². The Morgan fingerprint density at radius 1 is 0.938 bits per heavy atom. The molecule has 1 N–H and O–H groups in total. The highest BCUT2D eigenvalue weighted by Gasteiger charge is 2.18. The molecule has 2 unspecified atom stereocenters. The minimum atomic E-state index is 0.698. The standard InChI is InChI=1S/C14H32N2/c1-6-9-15-12-13(4)14(5)16(10-7-2)11-8-3/h13-15H,6-12H2,1-5H3. The Kier molecular flexibility index (Phi) is 10.0. The Morgan fingerprint density at radius 2 is 1.50 bits per heavy atom. The summed E-state index contributed by atoms with van der Waals surface area (Å²) < 4.78 is 0. The van der Waals surface area contributed by atoms with Gasteiger partial charge < -0.3 is 10.2 Å². The van der Waals surface area contributed by atoms with Gasteiger partial charge in [-0.25, -0.2) is 0 Å². The molecule has 0 aromatic carbocycles. The van der Waals surface area contributed by atoms with E-state index in [1.54, 1.807) is 0 Å². The predicted molar refractivity (Wildman–Crippen MR) is 73.9 cm³/mol. The van der Waals surface area contributed by atoms with Crippen molar-refractivity contribution < 1.29 is 0 Å². The third-order valence-electron chi connectivity index (χ3n) is 3.31. The molecule has 0 aromatic heterocycles. The number of hydrogen-bond acceptors (Lipinski definition) is 2. The van der Waals surface area contributed by atoms with Gasteiger partial charge in [0.1, 0.15) is 0 Å². The van der Waals surface area contributed by atoms with Crippen molar-refractivity contribution in [2.75, 3.05) is 26.2 Å². The van der Waals surface area contributed by atoms with E-state index < -0.39 is 0 Å². The molecule has 2 nitrogen and oxygen atoms in total. The van der Waals surface area contributed by atoms with E-state index in [1.165, 1.54) is 32.4 Å². The highest BCUT2D eigenvalue weighted by molar-refractivity contribution is 4.74. The lowest BCUT2D eigenvalue weighted by Gasteiger charge is -2.33. The Bertz CT molecular complexity index is 142. The topological polar surface area (TPSA) is 15.3 Å². The Morgan fingerprint density at radius 3 is 1.94 bits per heavy atom. The predicted octanol–water partition coefficient (Wildman–Crippen LogP) is 3.13. The second-order valence-corrected chi connectivity index (χ2v) is 4.96. The number of nitrogens with zero attached hydrogens (tertiary/aromatic N) is 1. The van der Waals surface area contributed by atoms with Gasteiger partial charge in [-0.05, 0) is 58.3 Å². The quantitative estimate of drug-likeness (QED) is 0.578. The van der Waals surface area contributed by atoms with Gasteiger partial charge in [-0.1, -0.05) is 27.7 Å². The van der Waals surface area contributed by atoms with Crippen molar-refractivity contribution in [3.63, 3.8) is 0 Å². The summed E-state index contributed by atoms with van der Waals surface area (Å²) in [6.45, 7) is 16.3. The molecule has 0 saturated carbocycles. The van der Waals surface area contributed by atoms with Crippen LogP contribution < -0.4 is 5.32 Å². The molecule has 2 atom stereocenters. The number of rotatable bonds is 10. The molecule has 0 fully saturated rings. The van der Waals surface area contributed by atoms with Crippen LogP contribution in [0.5, 0.6) is 0 Å². The summed E-state index contributed by atoms with van der Waals surface area (Å²) in [6, 6.07) is 0.698. The lowest BCUT2D eigenvalue weighted by Crippen LogP contribution is -2.42. The zero-order valence-corrected chi connectivity index (χ0v) is 12.1. The van der Waals surface area contributed by atoms with Gasteiger partial charge >= 0.3 is 0 Å². The molecule has 16 heavy (non-hydrogen) atoms. The molecule has 0 spiro atoms. The van der Waals surface area contributed by atoms with Crippen LogP contribution in [0.1, 0.15) is 53.9 Å². The molecule has 0 aliphatic rings. The van der Waals surface area contributed by atoms with E-state index in [2.05, 4.69) is 44.8 Å². The highest BCUT2D eigenvalue weighted by atomic mass is 15.2. The van der Waals surface area contributed by atoms with Gasteiger partial charge in [-0.2, -0.15) is 0 Å².